The van der Waals surface area contributed by atoms with Gasteiger partial charge in [0.15, 0.2) is 0 Å². The van der Waals surface area contributed by atoms with E-state index in [9.17, 15) is 4.79 Å². The average molecular weight is 225 g/mol. The summed E-state index contributed by atoms with van der Waals surface area (Å²) in [5.74, 6) is 0.238. The van der Waals surface area contributed by atoms with Crippen LogP contribution in [0.1, 0.15) is 32.1 Å². The zero-order valence-electron chi connectivity index (χ0n) is 10.0. The maximum atomic E-state index is 11.7. The second-order valence-electron chi connectivity index (χ2n) is 4.92. The molecule has 2 aliphatic heterocycles. The van der Waals surface area contributed by atoms with E-state index in [0.29, 0.717) is 19.0 Å². The molecule has 0 aliphatic carbocycles. The summed E-state index contributed by atoms with van der Waals surface area (Å²) in [4.78, 5) is 16.3. The van der Waals surface area contributed by atoms with Crippen LogP contribution in [-0.4, -0.2) is 54.5 Å². The van der Waals surface area contributed by atoms with Gasteiger partial charge in [-0.3, -0.25) is 9.69 Å². The number of hydrogen-bond donors (Lipinski definition) is 1. The quantitative estimate of drug-likeness (QED) is 0.757. The van der Waals surface area contributed by atoms with E-state index in [0.717, 1.165) is 19.5 Å². The fraction of sp³-hybridized carbons (Fsp3) is 0.917. The molecule has 0 radical (unpaired) electrons. The molecule has 0 saturated carbocycles. The van der Waals surface area contributed by atoms with E-state index < -0.39 is 0 Å². The first-order valence-electron chi connectivity index (χ1n) is 6.53. The van der Waals surface area contributed by atoms with E-state index in [-0.39, 0.29) is 5.91 Å². The molecule has 0 spiro atoms. The summed E-state index contributed by atoms with van der Waals surface area (Å²) in [5, 5.41) is 0. The molecular formula is C12H23N3O. The SMILES string of the molecule is NCCC(=O)N1CCC(N2CCCCC2)C1. The summed E-state index contributed by atoms with van der Waals surface area (Å²) in [5.41, 5.74) is 5.42. The van der Waals surface area contributed by atoms with Crippen LogP contribution in [0.2, 0.25) is 0 Å². The van der Waals surface area contributed by atoms with Crippen LogP contribution < -0.4 is 5.73 Å². The molecule has 0 bridgehead atoms. The molecular weight excluding hydrogens is 202 g/mol. The molecule has 1 amide bonds. The number of rotatable bonds is 3. The Morgan fingerprint density at radius 2 is 1.94 bits per heavy atom. The number of piperidine rings is 1. The number of carbonyl (C=O) groups excluding carboxylic acids is 1. The second-order valence-corrected chi connectivity index (χ2v) is 4.92. The Labute approximate surface area is 97.8 Å². The zero-order valence-corrected chi connectivity index (χ0v) is 10.0. The van der Waals surface area contributed by atoms with Crippen molar-refractivity contribution in [1.29, 1.82) is 0 Å². The molecule has 2 saturated heterocycles. The summed E-state index contributed by atoms with van der Waals surface area (Å²) in [6, 6.07) is 0.613. The first kappa shape index (κ1) is 11.9. The summed E-state index contributed by atoms with van der Waals surface area (Å²) >= 11 is 0. The normalized spacial score (nSPS) is 27.3. The smallest absolute Gasteiger partial charge is 0.223 e. The molecule has 2 N–H and O–H groups in total. The van der Waals surface area contributed by atoms with Crippen molar-refractivity contribution in [3.63, 3.8) is 0 Å². The van der Waals surface area contributed by atoms with E-state index in [1.165, 1.54) is 32.4 Å². The van der Waals surface area contributed by atoms with Crippen molar-refractivity contribution in [2.24, 2.45) is 5.73 Å². The van der Waals surface area contributed by atoms with Crippen LogP contribution in [0.3, 0.4) is 0 Å². The van der Waals surface area contributed by atoms with Gasteiger partial charge in [-0.05, 0) is 32.4 Å². The summed E-state index contributed by atoms with van der Waals surface area (Å²) < 4.78 is 0. The third-order valence-electron chi connectivity index (χ3n) is 3.78. The van der Waals surface area contributed by atoms with Gasteiger partial charge in [0.25, 0.3) is 0 Å². The Balaban J connectivity index is 1.80. The highest BCUT2D eigenvalue weighted by Crippen LogP contribution is 2.20. The number of hydrogen-bond acceptors (Lipinski definition) is 3. The Morgan fingerprint density at radius 1 is 1.19 bits per heavy atom. The molecule has 1 unspecified atom stereocenters. The van der Waals surface area contributed by atoms with Gasteiger partial charge in [-0.1, -0.05) is 6.42 Å². The minimum atomic E-state index is 0.238. The minimum Gasteiger partial charge on any atom is -0.341 e. The molecule has 1 atom stereocenters. The molecule has 0 aromatic rings. The minimum absolute atomic E-state index is 0.238. The highest BCUT2D eigenvalue weighted by molar-refractivity contribution is 5.76. The topological polar surface area (TPSA) is 49.6 Å². The Morgan fingerprint density at radius 3 is 2.62 bits per heavy atom. The lowest BCUT2D eigenvalue weighted by Crippen LogP contribution is -2.41. The highest BCUT2D eigenvalue weighted by atomic mass is 16.2. The van der Waals surface area contributed by atoms with Crippen LogP contribution in [0, 0.1) is 0 Å². The van der Waals surface area contributed by atoms with Gasteiger partial charge in [0.1, 0.15) is 0 Å². The monoisotopic (exact) mass is 225 g/mol. The van der Waals surface area contributed by atoms with Crippen molar-refractivity contribution in [2.75, 3.05) is 32.7 Å². The Hall–Kier alpha value is -0.610. The van der Waals surface area contributed by atoms with Crippen LogP contribution >= 0.6 is 0 Å². The van der Waals surface area contributed by atoms with Crippen LogP contribution in [0.4, 0.5) is 0 Å². The van der Waals surface area contributed by atoms with Crippen molar-refractivity contribution in [2.45, 2.75) is 38.1 Å². The van der Waals surface area contributed by atoms with E-state index in [1.807, 2.05) is 4.90 Å². The van der Waals surface area contributed by atoms with Gasteiger partial charge in [-0.2, -0.15) is 0 Å². The molecule has 4 nitrogen and oxygen atoms in total. The molecule has 4 heteroatoms. The average Bonchev–Trinajstić information content (AvgIpc) is 2.80. The summed E-state index contributed by atoms with van der Waals surface area (Å²) in [6.45, 7) is 4.79. The van der Waals surface area contributed by atoms with Crippen LogP contribution in [0.15, 0.2) is 0 Å². The van der Waals surface area contributed by atoms with Crippen molar-refractivity contribution in [3.8, 4) is 0 Å². The fourth-order valence-corrected chi connectivity index (χ4v) is 2.83. The van der Waals surface area contributed by atoms with Gasteiger partial charge in [0.2, 0.25) is 5.91 Å². The van der Waals surface area contributed by atoms with Crippen LogP contribution in [0.5, 0.6) is 0 Å². The van der Waals surface area contributed by atoms with Crippen LogP contribution in [0.25, 0.3) is 0 Å². The molecule has 0 aromatic carbocycles. The molecule has 2 heterocycles. The van der Waals surface area contributed by atoms with Gasteiger partial charge in [0.05, 0.1) is 0 Å². The van der Waals surface area contributed by atoms with Crippen molar-refractivity contribution in [1.82, 2.24) is 9.80 Å². The molecule has 2 aliphatic rings. The third kappa shape index (κ3) is 2.74. The van der Waals surface area contributed by atoms with Gasteiger partial charge < -0.3 is 10.6 Å². The summed E-state index contributed by atoms with van der Waals surface area (Å²) in [7, 11) is 0. The maximum absolute atomic E-state index is 11.7. The zero-order chi connectivity index (χ0) is 11.4. The number of nitrogens with two attached hydrogens (primary N) is 1. The number of likely N-dealkylation sites (tertiary alicyclic amines) is 2. The van der Waals surface area contributed by atoms with E-state index in [1.54, 1.807) is 0 Å². The van der Waals surface area contributed by atoms with E-state index in [2.05, 4.69) is 4.90 Å². The second kappa shape index (κ2) is 5.64. The molecule has 92 valence electrons. The number of carbonyl (C=O) groups is 1. The first-order valence-corrected chi connectivity index (χ1v) is 6.53. The predicted molar refractivity (Wildman–Crippen MR) is 64.1 cm³/mol. The molecule has 0 aromatic heterocycles. The Kier molecular flexibility index (Phi) is 4.18. The lowest BCUT2D eigenvalue weighted by molar-refractivity contribution is -0.130. The lowest BCUT2D eigenvalue weighted by Gasteiger charge is -2.32. The van der Waals surface area contributed by atoms with Gasteiger partial charge in [-0.25, -0.2) is 0 Å². The fourth-order valence-electron chi connectivity index (χ4n) is 2.83. The maximum Gasteiger partial charge on any atom is 0.223 e. The highest BCUT2D eigenvalue weighted by Gasteiger charge is 2.30. The predicted octanol–water partition coefficient (Wildman–Crippen LogP) is 0.422. The largest absolute Gasteiger partial charge is 0.341 e. The third-order valence-corrected chi connectivity index (χ3v) is 3.78. The van der Waals surface area contributed by atoms with Gasteiger partial charge >= 0.3 is 0 Å². The standard InChI is InChI=1S/C12H23N3O/c13-6-4-12(16)15-9-5-11(10-15)14-7-2-1-3-8-14/h11H,1-10,13H2. The van der Waals surface area contributed by atoms with E-state index >= 15 is 0 Å². The van der Waals surface area contributed by atoms with Crippen molar-refractivity contribution < 1.29 is 4.79 Å². The van der Waals surface area contributed by atoms with Gasteiger partial charge in [0, 0.05) is 32.1 Å². The Bertz CT molecular complexity index is 238. The van der Waals surface area contributed by atoms with Crippen molar-refractivity contribution >= 4 is 5.91 Å². The van der Waals surface area contributed by atoms with Crippen molar-refractivity contribution in [3.05, 3.63) is 0 Å². The van der Waals surface area contributed by atoms with Gasteiger partial charge in [-0.15, -0.1) is 0 Å². The lowest BCUT2D eigenvalue weighted by atomic mass is 10.1. The summed E-state index contributed by atoms with van der Waals surface area (Å²) in [6.07, 6.45) is 5.68. The molecule has 2 fully saturated rings. The van der Waals surface area contributed by atoms with Crippen LogP contribution in [-0.2, 0) is 4.79 Å². The number of nitrogens with zero attached hydrogens (tertiary/aromatic N) is 2. The molecule has 16 heavy (non-hydrogen) atoms. The first-order chi connectivity index (χ1) is 7.81. The van der Waals surface area contributed by atoms with E-state index in [4.69, 9.17) is 5.73 Å². The number of amides is 1. The molecule has 2 rings (SSSR count).